The smallest absolute Gasteiger partial charge is 0.165 e. The monoisotopic (exact) mass is 220 g/mol. The quantitative estimate of drug-likeness (QED) is 0.691. The van der Waals surface area contributed by atoms with E-state index in [-0.39, 0.29) is 5.78 Å². The summed E-state index contributed by atoms with van der Waals surface area (Å²) in [6.07, 6.45) is 3.04. The van der Waals surface area contributed by atoms with E-state index in [1.54, 1.807) is 7.11 Å². The molecule has 0 heterocycles. The van der Waals surface area contributed by atoms with Crippen molar-refractivity contribution in [1.82, 2.24) is 0 Å². The Bertz CT molecular complexity index is 369. The van der Waals surface area contributed by atoms with Crippen LogP contribution in [0.1, 0.15) is 29.6 Å². The molecule has 1 saturated carbocycles. The SMILES string of the molecule is COCCC(=O)c1cccc(OC2CC2)c1. The average Bonchev–Trinajstić information content (AvgIpc) is 3.10. The van der Waals surface area contributed by atoms with Gasteiger partial charge in [-0.25, -0.2) is 0 Å². The van der Waals surface area contributed by atoms with Crippen molar-refractivity contribution < 1.29 is 14.3 Å². The lowest BCUT2D eigenvalue weighted by atomic mass is 10.1. The van der Waals surface area contributed by atoms with E-state index in [4.69, 9.17) is 9.47 Å². The van der Waals surface area contributed by atoms with Gasteiger partial charge in [0.25, 0.3) is 0 Å². The van der Waals surface area contributed by atoms with Crippen LogP contribution < -0.4 is 4.74 Å². The maximum Gasteiger partial charge on any atom is 0.165 e. The van der Waals surface area contributed by atoms with Gasteiger partial charge >= 0.3 is 0 Å². The van der Waals surface area contributed by atoms with Crippen molar-refractivity contribution in [3.05, 3.63) is 29.8 Å². The van der Waals surface area contributed by atoms with Gasteiger partial charge in [0, 0.05) is 19.1 Å². The van der Waals surface area contributed by atoms with Crippen LogP contribution >= 0.6 is 0 Å². The number of benzene rings is 1. The third-order valence-electron chi connectivity index (χ3n) is 2.52. The fourth-order valence-electron chi connectivity index (χ4n) is 1.46. The first-order chi connectivity index (χ1) is 7.79. The normalized spacial score (nSPS) is 14.8. The molecule has 16 heavy (non-hydrogen) atoms. The standard InChI is InChI=1S/C13H16O3/c1-15-8-7-13(14)10-3-2-4-12(9-10)16-11-5-6-11/h2-4,9,11H,5-8H2,1H3. The minimum atomic E-state index is 0.100. The molecule has 3 heteroatoms. The third-order valence-corrected chi connectivity index (χ3v) is 2.52. The van der Waals surface area contributed by atoms with Crippen LogP contribution in [0.5, 0.6) is 5.75 Å². The number of rotatable bonds is 6. The van der Waals surface area contributed by atoms with Gasteiger partial charge in [-0.2, -0.15) is 0 Å². The highest BCUT2D eigenvalue weighted by Crippen LogP contribution is 2.27. The lowest BCUT2D eigenvalue weighted by molar-refractivity contribution is 0.0931. The molecule has 1 aromatic rings. The van der Waals surface area contributed by atoms with Crippen LogP contribution in [0.15, 0.2) is 24.3 Å². The van der Waals surface area contributed by atoms with Crippen LogP contribution in [-0.2, 0) is 4.74 Å². The van der Waals surface area contributed by atoms with Crippen LogP contribution in [0.3, 0.4) is 0 Å². The maximum atomic E-state index is 11.7. The molecule has 2 rings (SSSR count). The highest BCUT2D eigenvalue weighted by molar-refractivity contribution is 5.96. The Kier molecular flexibility index (Phi) is 3.57. The zero-order chi connectivity index (χ0) is 11.4. The van der Waals surface area contributed by atoms with Crippen LogP contribution in [0.2, 0.25) is 0 Å². The zero-order valence-corrected chi connectivity index (χ0v) is 9.44. The van der Waals surface area contributed by atoms with Crippen molar-refractivity contribution in [2.24, 2.45) is 0 Å². The van der Waals surface area contributed by atoms with Gasteiger partial charge in [-0.3, -0.25) is 4.79 Å². The Hall–Kier alpha value is -1.35. The summed E-state index contributed by atoms with van der Waals surface area (Å²) in [6.45, 7) is 0.465. The first kappa shape index (κ1) is 11.1. The number of carbonyl (C=O) groups excluding carboxylic acids is 1. The van der Waals surface area contributed by atoms with Gasteiger partial charge < -0.3 is 9.47 Å². The number of carbonyl (C=O) groups is 1. The molecule has 0 saturated heterocycles. The zero-order valence-electron chi connectivity index (χ0n) is 9.44. The molecule has 3 nitrogen and oxygen atoms in total. The Balaban J connectivity index is 1.99. The summed E-state index contributed by atoms with van der Waals surface area (Å²) in [6, 6.07) is 7.39. The number of hydrogen-bond donors (Lipinski definition) is 0. The van der Waals surface area contributed by atoms with E-state index in [1.807, 2.05) is 24.3 Å². The summed E-state index contributed by atoms with van der Waals surface area (Å²) in [4.78, 5) is 11.7. The van der Waals surface area contributed by atoms with Crippen molar-refractivity contribution in [2.75, 3.05) is 13.7 Å². The van der Waals surface area contributed by atoms with E-state index >= 15 is 0 Å². The topological polar surface area (TPSA) is 35.5 Å². The summed E-state index contributed by atoms with van der Waals surface area (Å²) < 4.78 is 10.5. The number of Topliss-reactive ketones (excluding diaryl/α,β-unsaturated/α-hetero) is 1. The molecule has 0 atom stereocenters. The summed E-state index contributed by atoms with van der Waals surface area (Å²) in [7, 11) is 1.60. The predicted octanol–water partition coefficient (Wildman–Crippen LogP) is 2.45. The Morgan fingerprint density at radius 3 is 2.94 bits per heavy atom. The van der Waals surface area contributed by atoms with E-state index in [0.717, 1.165) is 18.6 Å². The summed E-state index contributed by atoms with van der Waals surface area (Å²) in [5.41, 5.74) is 0.704. The summed E-state index contributed by atoms with van der Waals surface area (Å²) in [5, 5.41) is 0. The predicted molar refractivity (Wildman–Crippen MR) is 60.9 cm³/mol. The molecule has 0 aromatic heterocycles. The summed E-state index contributed by atoms with van der Waals surface area (Å²) >= 11 is 0. The fraction of sp³-hybridized carbons (Fsp3) is 0.462. The van der Waals surface area contributed by atoms with Crippen molar-refractivity contribution in [1.29, 1.82) is 0 Å². The van der Waals surface area contributed by atoms with Crippen molar-refractivity contribution in [3.63, 3.8) is 0 Å². The Morgan fingerprint density at radius 1 is 1.44 bits per heavy atom. The van der Waals surface area contributed by atoms with Crippen LogP contribution in [0, 0.1) is 0 Å². The van der Waals surface area contributed by atoms with Crippen molar-refractivity contribution >= 4 is 5.78 Å². The highest BCUT2D eigenvalue weighted by atomic mass is 16.5. The molecule has 1 aliphatic rings. The molecule has 1 aliphatic carbocycles. The largest absolute Gasteiger partial charge is 0.490 e. The molecule has 1 aromatic carbocycles. The molecular weight excluding hydrogens is 204 g/mol. The minimum absolute atomic E-state index is 0.100. The van der Waals surface area contributed by atoms with Gasteiger partial charge in [-0.1, -0.05) is 12.1 Å². The molecule has 1 fully saturated rings. The van der Waals surface area contributed by atoms with Crippen molar-refractivity contribution in [2.45, 2.75) is 25.4 Å². The molecule has 86 valence electrons. The lowest BCUT2D eigenvalue weighted by Crippen LogP contribution is -2.04. The van der Waals surface area contributed by atoms with E-state index in [2.05, 4.69) is 0 Å². The van der Waals surface area contributed by atoms with Gasteiger partial charge in [-0.15, -0.1) is 0 Å². The lowest BCUT2D eigenvalue weighted by Gasteiger charge is -2.06. The molecular formula is C13H16O3. The van der Waals surface area contributed by atoms with E-state index < -0.39 is 0 Å². The van der Waals surface area contributed by atoms with Gasteiger partial charge in [0.2, 0.25) is 0 Å². The van der Waals surface area contributed by atoms with Gasteiger partial charge in [0.05, 0.1) is 12.7 Å². The van der Waals surface area contributed by atoms with Gasteiger partial charge in [-0.05, 0) is 25.0 Å². The molecule has 0 spiro atoms. The van der Waals surface area contributed by atoms with Gasteiger partial charge in [0.15, 0.2) is 5.78 Å². The van der Waals surface area contributed by atoms with E-state index in [0.29, 0.717) is 24.7 Å². The third kappa shape index (κ3) is 3.07. The molecule has 0 aliphatic heterocycles. The van der Waals surface area contributed by atoms with Crippen LogP contribution in [-0.4, -0.2) is 25.6 Å². The van der Waals surface area contributed by atoms with E-state index in [9.17, 15) is 4.79 Å². The first-order valence-corrected chi connectivity index (χ1v) is 5.58. The number of ketones is 1. The fourth-order valence-corrected chi connectivity index (χ4v) is 1.46. The second kappa shape index (κ2) is 5.12. The number of ether oxygens (including phenoxy) is 2. The highest BCUT2D eigenvalue weighted by Gasteiger charge is 2.23. The van der Waals surface area contributed by atoms with Gasteiger partial charge in [0.1, 0.15) is 5.75 Å². The molecule has 0 unspecified atom stereocenters. The number of hydrogen-bond acceptors (Lipinski definition) is 3. The second-order valence-corrected chi connectivity index (χ2v) is 4.01. The van der Waals surface area contributed by atoms with E-state index in [1.165, 1.54) is 0 Å². The Morgan fingerprint density at radius 2 is 2.25 bits per heavy atom. The second-order valence-electron chi connectivity index (χ2n) is 4.01. The first-order valence-electron chi connectivity index (χ1n) is 5.58. The Labute approximate surface area is 95.4 Å². The van der Waals surface area contributed by atoms with Crippen LogP contribution in [0.25, 0.3) is 0 Å². The maximum absolute atomic E-state index is 11.7. The molecule has 0 radical (unpaired) electrons. The minimum Gasteiger partial charge on any atom is -0.490 e. The average molecular weight is 220 g/mol. The summed E-state index contributed by atoms with van der Waals surface area (Å²) in [5.74, 6) is 0.897. The molecule has 0 amide bonds. The molecule has 0 bridgehead atoms. The number of methoxy groups -OCH3 is 1. The van der Waals surface area contributed by atoms with Crippen molar-refractivity contribution in [3.8, 4) is 5.75 Å². The van der Waals surface area contributed by atoms with Crippen LogP contribution in [0.4, 0.5) is 0 Å². The molecule has 0 N–H and O–H groups in total.